The van der Waals surface area contributed by atoms with Gasteiger partial charge in [0.05, 0.1) is 5.03 Å². The quantitative estimate of drug-likeness (QED) is 0.562. The lowest BCUT2D eigenvalue weighted by Gasteiger charge is -1.97. The van der Waals surface area contributed by atoms with Crippen LogP contribution in [0.2, 0.25) is 0 Å². The fourth-order valence-electron chi connectivity index (χ4n) is 0.645. The summed E-state index contributed by atoms with van der Waals surface area (Å²) in [5, 5.41) is 1.69. The molecule has 0 saturated heterocycles. The van der Waals surface area contributed by atoms with E-state index >= 15 is 0 Å². The van der Waals surface area contributed by atoms with Crippen molar-refractivity contribution in [1.82, 2.24) is 4.98 Å². The Balaban J connectivity index is 2.38. The third kappa shape index (κ3) is 4.30. The van der Waals surface area contributed by atoms with Gasteiger partial charge in [0, 0.05) is 12.4 Å². The van der Waals surface area contributed by atoms with Crippen LogP contribution >= 0.6 is 21.6 Å². The van der Waals surface area contributed by atoms with Gasteiger partial charge in [-0.1, -0.05) is 25.3 Å². The van der Waals surface area contributed by atoms with E-state index in [1.807, 2.05) is 18.2 Å². The molecule has 1 aromatic heterocycles. The van der Waals surface area contributed by atoms with E-state index in [4.69, 9.17) is 0 Å². The second-order valence-electron chi connectivity index (χ2n) is 2.24. The maximum Gasteiger partial charge on any atom is 0.107 e. The number of pyridine rings is 1. The second kappa shape index (κ2) is 6.45. The summed E-state index contributed by atoms with van der Waals surface area (Å²) in [6.45, 7) is 7.31. The Hall–Kier alpha value is -1.00. The van der Waals surface area contributed by atoms with Gasteiger partial charge in [0.1, 0.15) is 5.03 Å². The van der Waals surface area contributed by atoms with Gasteiger partial charge in [-0.05, 0) is 33.7 Å². The van der Waals surface area contributed by atoms with E-state index in [0.29, 0.717) is 0 Å². The van der Waals surface area contributed by atoms with E-state index in [1.165, 1.54) is 21.6 Å². The van der Waals surface area contributed by atoms with E-state index in [-0.39, 0.29) is 0 Å². The molecule has 0 bridgehead atoms. The first-order valence-electron chi connectivity index (χ1n) is 3.92. The largest absolute Gasteiger partial charge is 0.250 e. The number of aromatic nitrogens is 1. The molecule has 0 spiro atoms. The van der Waals surface area contributed by atoms with E-state index in [0.717, 1.165) is 10.1 Å². The highest BCUT2D eigenvalue weighted by molar-refractivity contribution is 8.78. The SMILES string of the molecule is C=C/C=N\C(=C)SSc1ccccn1. The number of allylic oxidation sites excluding steroid dienone is 1. The van der Waals surface area contributed by atoms with Gasteiger partial charge in [-0.15, -0.1) is 0 Å². The number of hydrogen-bond donors (Lipinski definition) is 0. The van der Waals surface area contributed by atoms with Crippen molar-refractivity contribution in [2.75, 3.05) is 0 Å². The molecule has 1 rings (SSSR count). The van der Waals surface area contributed by atoms with Crippen LogP contribution in [0.3, 0.4) is 0 Å². The van der Waals surface area contributed by atoms with E-state index in [1.54, 1.807) is 18.5 Å². The normalized spacial score (nSPS) is 10.3. The molecule has 0 aliphatic rings. The Labute approximate surface area is 91.6 Å². The van der Waals surface area contributed by atoms with Crippen LogP contribution in [0.1, 0.15) is 0 Å². The first-order chi connectivity index (χ1) is 6.83. The standard InChI is InChI=1S/C10H10N2S2/c1-3-7-11-9(2)13-14-10-6-4-5-8-12-10/h3-8H,1-2H2/b11-7-. The van der Waals surface area contributed by atoms with Crippen molar-refractivity contribution in [1.29, 1.82) is 0 Å². The van der Waals surface area contributed by atoms with E-state index in [2.05, 4.69) is 23.1 Å². The van der Waals surface area contributed by atoms with Crippen LogP contribution in [0.5, 0.6) is 0 Å². The maximum absolute atomic E-state index is 4.16. The van der Waals surface area contributed by atoms with Crippen molar-refractivity contribution in [3.05, 3.63) is 48.7 Å². The van der Waals surface area contributed by atoms with Crippen molar-refractivity contribution in [2.24, 2.45) is 4.99 Å². The molecule has 0 aliphatic heterocycles. The van der Waals surface area contributed by atoms with Gasteiger partial charge >= 0.3 is 0 Å². The number of hydrogen-bond acceptors (Lipinski definition) is 4. The molecule has 0 unspecified atom stereocenters. The van der Waals surface area contributed by atoms with Gasteiger partial charge in [-0.3, -0.25) is 0 Å². The summed E-state index contributed by atoms with van der Waals surface area (Å²) in [5.41, 5.74) is 0. The zero-order chi connectivity index (χ0) is 10.2. The molecule has 14 heavy (non-hydrogen) atoms. The summed E-state index contributed by atoms with van der Waals surface area (Å²) in [5.74, 6) is 0. The highest BCUT2D eigenvalue weighted by Crippen LogP contribution is 2.34. The predicted molar refractivity (Wildman–Crippen MR) is 65.5 cm³/mol. The summed E-state index contributed by atoms with van der Waals surface area (Å²) >= 11 is 0. The Bertz CT molecular complexity index is 333. The Kier molecular flexibility index (Phi) is 5.11. The first-order valence-corrected chi connectivity index (χ1v) is 6.07. The lowest BCUT2D eigenvalue weighted by molar-refractivity contribution is 1.14. The molecule has 0 aliphatic carbocycles. The van der Waals surface area contributed by atoms with Gasteiger partial charge in [0.2, 0.25) is 0 Å². The molecule has 2 nitrogen and oxygen atoms in total. The van der Waals surface area contributed by atoms with Crippen LogP contribution in [0.15, 0.2) is 58.7 Å². The fraction of sp³-hybridized carbons (Fsp3) is 0. The monoisotopic (exact) mass is 222 g/mol. The van der Waals surface area contributed by atoms with E-state index < -0.39 is 0 Å². The summed E-state index contributed by atoms with van der Waals surface area (Å²) in [7, 11) is 3.02. The predicted octanol–water partition coefficient (Wildman–Crippen LogP) is 3.55. The molecule has 0 radical (unpaired) electrons. The molecular formula is C10H10N2S2. The molecule has 1 heterocycles. The number of rotatable bonds is 5. The zero-order valence-electron chi connectivity index (χ0n) is 7.59. The molecule has 0 amide bonds. The fourth-order valence-corrected chi connectivity index (χ4v) is 2.14. The number of aliphatic imine (C=N–C) groups is 1. The first kappa shape index (κ1) is 11.1. The van der Waals surface area contributed by atoms with Crippen molar-refractivity contribution in [3.63, 3.8) is 0 Å². The average Bonchev–Trinajstić information content (AvgIpc) is 2.25. The zero-order valence-corrected chi connectivity index (χ0v) is 9.22. The third-order valence-corrected chi connectivity index (χ3v) is 3.32. The Morgan fingerprint density at radius 3 is 3.00 bits per heavy atom. The molecule has 0 fully saturated rings. The van der Waals surface area contributed by atoms with Gasteiger partial charge in [-0.25, -0.2) is 9.98 Å². The van der Waals surface area contributed by atoms with Crippen LogP contribution in [0.4, 0.5) is 0 Å². The topological polar surface area (TPSA) is 25.2 Å². The van der Waals surface area contributed by atoms with Gasteiger partial charge in [-0.2, -0.15) is 0 Å². The molecule has 72 valence electrons. The van der Waals surface area contributed by atoms with Crippen LogP contribution in [-0.4, -0.2) is 11.2 Å². The summed E-state index contributed by atoms with van der Waals surface area (Å²) < 4.78 is 0. The molecular weight excluding hydrogens is 212 g/mol. The highest BCUT2D eigenvalue weighted by atomic mass is 33.1. The smallest absolute Gasteiger partial charge is 0.107 e. The van der Waals surface area contributed by atoms with Crippen molar-refractivity contribution in [3.8, 4) is 0 Å². The van der Waals surface area contributed by atoms with Gasteiger partial charge in [0.25, 0.3) is 0 Å². The van der Waals surface area contributed by atoms with Gasteiger partial charge < -0.3 is 0 Å². The van der Waals surface area contributed by atoms with Crippen LogP contribution in [0, 0.1) is 0 Å². The Morgan fingerprint density at radius 1 is 1.50 bits per heavy atom. The second-order valence-corrected chi connectivity index (χ2v) is 4.47. The molecule has 0 saturated carbocycles. The van der Waals surface area contributed by atoms with Crippen molar-refractivity contribution in [2.45, 2.75) is 5.03 Å². The number of nitrogens with zero attached hydrogens (tertiary/aromatic N) is 2. The minimum Gasteiger partial charge on any atom is -0.250 e. The van der Waals surface area contributed by atoms with E-state index in [9.17, 15) is 0 Å². The lowest BCUT2D eigenvalue weighted by Crippen LogP contribution is -1.73. The molecule has 0 N–H and O–H groups in total. The summed E-state index contributed by atoms with van der Waals surface area (Å²) in [6.07, 6.45) is 5.00. The molecule has 1 aromatic rings. The highest BCUT2D eigenvalue weighted by Gasteiger charge is 1.96. The Morgan fingerprint density at radius 2 is 2.36 bits per heavy atom. The molecule has 4 heteroatoms. The van der Waals surface area contributed by atoms with Crippen LogP contribution in [-0.2, 0) is 0 Å². The summed E-state index contributed by atoms with van der Waals surface area (Å²) in [6, 6.07) is 5.78. The molecule has 0 aromatic carbocycles. The third-order valence-electron chi connectivity index (χ3n) is 1.18. The molecule has 0 atom stereocenters. The minimum atomic E-state index is 0.737. The minimum absolute atomic E-state index is 0.737. The maximum atomic E-state index is 4.16. The van der Waals surface area contributed by atoms with Crippen molar-refractivity contribution >= 4 is 27.8 Å². The van der Waals surface area contributed by atoms with Crippen LogP contribution in [0.25, 0.3) is 0 Å². The lowest BCUT2D eigenvalue weighted by atomic mass is 10.5. The van der Waals surface area contributed by atoms with Crippen molar-refractivity contribution < 1.29 is 0 Å². The average molecular weight is 222 g/mol. The van der Waals surface area contributed by atoms with Gasteiger partial charge in [0.15, 0.2) is 0 Å². The van der Waals surface area contributed by atoms with Crippen LogP contribution < -0.4 is 0 Å². The summed E-state index contributed by atoms with van der Waals surface area (Å²) in [4.78, 5) is 8.19.